The summed E-state index contributed by atoms with van der Waals surface area (Å²) in [5, 5.41) is 9.77. The number of aliphatic hydroxyl groups is 1. The molecule has 0 aliphatic heterocycles. The standard InChI is InChI=1S/C58H101O11P/c1-4-7-10-13-16-19-22-25-27-30-32-35-38-41-44-47-56(60)65-51-55(69-58(62)49-46-43-40-37-34-31-28-26-23-20-17-14-11-8-5-2)53-67-70(63,64)66-52-54(50-59)68-57(61)48-45-42-39-36-33-29-24-21-18-15-12-9-6-3/h9,12,17-18,20-21,26,28-29,33,39,42,54-55,59H,4-8,10-11,13-16,19,22-25,27,30-32,34-38,40-41,43-53H2,1-3H3,(H,63,64)/b12-9-,20-17-,21-18-,28-26-,33-29-,42-39-. The molecule has 3 atom stereocenters. The zero-order valence-electron chi connectivity index (χ0n) is 44.5. The van der Waals surface area contributed by atoms with E-state index in [0.29, 0.717) is 19.3 Å². The lowest BCUT2D eigenvalue weighted by Crippen LogP contribution is -2.30. The first-order valence-electron chi connectivity index (χ1n) is 27.8. The third kappa shape index (κ3) is 49.9. The summed E-state index contributed by atoms with van der Waals surface area (Å²) in [5.74, 6) is -1.56. The van der Waals surface area contributed by atoms with Crippen LogP contribution in [-0.4, -0.2) is 66.5 Å². The van der Waals surface area contributed by atoms with Crippen molar-refractivity contribution < 1.29 is 52.2 Å². The Morgan fingerprint density at radius 3 is 1.26 bits per heavy atom. The number of carbonyl (C=O) groups is 3. The number of hydrogen-bond acceptors (Lipinski definition) is 10. The fourth-order valence-electron chi connectivity index (χ4n) is 7.40. The van der Waals surface area contributed by atoms with Gasteiger partial charge >= 0.3 is 25.7 Å². The molecule has 70 heavy (non-hydrogen) atoms. The number of unbranched alkanes of at least 4 members (excludes halogenated alkanes) is 22. The molecule has 0 spiro atoms. The number of rotatable bonds is 51. The molecule has 404 valence electrons. The molecule has 0 aliphatic rings. The Morgan fingerprint density at radius 2 is 0.771 bits per heavy atom. The summed E-state index contributed by atoms with van der Waals surface area (Å²) in [6.07, 6.45) is 57.4. The Morgan fingerprint density at radius 1 is 0.414 bits per heavy atom. The van der Waals surface area contributed by atoms with E-state index in [1.807, 2.05) is 12.2 Å². The minimum Gasteiger partial charge on any atom is -0.462 e. The predicted octanol–water partition coefficient (Wildman–Crippen LogP) is 16.1. The Labute approximate surface area is 427 Å². The number of ether oxygens (including phenoxy) is 3. The van der Waals surface area contributed by atoms with Crippen molar-refractivity contribution in [3.05, 3.63) is 72.9 Å². The molecule has 0 amide bonds. The summed E-state index contributed by atoms with van der Waals surface area (Å²) < 4.78 is 39.4. The van der Waals surface area contributed by atoms with Crippen LogP contribution in [0, 0.1) is 0 Å². The van der Waals surface area contributed by atoms with Crippen LogP contribution < -0.4 is 0 Å². The van der Waals surface area contributed by atoms with Crippen LogP contribution in [0.4, 0.5) is 0 Å². The number of phosphoric ester groups is 1. The van der Waals surface area contributed by atoms with E-state index in [0.717, 1.165) is 89.9 Å². The molecule has 3 unspecified atom stereocenters. The normalized spacial score (nSPS) is 14.0. The van der Waals surface area contributed by atoms with Crippen molar-refractivity contribution in [3.8, 4) is 0 Å². The van der Waals surface area contributed by atoms with Crippen LogP contribution >= 0.6 is 7.82 Å². The van der Waals surface area contributed by atoms with Crippen molar-refractivity contribution in [1.29, 1.82) is 0 Å². The highest BCUT2D eigenvalue weighted by Gasteiger charge is 2.28. The number of aliphatic hydroxyl groups excluding tert-OH is 1. The van der Waals surface area contributed by atoms with E-state index < -0.39 is 57.8 Å². The second kappa shape index (κ2) is 52.2. The van der Waals surface area contributed by atoms with Crippen LogP contribution in [0.25, 0.3) is 0 Å². The topological polar surface area (TPSA) is 155 Å². The van der Waals surface area contributed by atoms with Crippen LogP contribution in [0.2, 0.25) is 0 Å². The lowest BCUT2D eigenvalue weighted by molar-refractivity contribution is -0.161. The Balaban J connectivity index is 4.80. The van der Waals surface area contributed by atoms with Gasteiger partial charge in [0.1, 0.15) is 12.7 Å². The fraction of sp³-hybridized carbons (Fsp3) is 0.741. The number of esters is 3. The first-order valence-corrected chi connectivity index (χ1v) is 29.3. The first kappa shape index (κ1) is 66.9. The quantitative estimate of drug-likeness (QED) is 0.0197. The SMILES string of the molecule is CC/C=C\C/C=C\C/C=C\C/C=C\CCC(=O)OC(CO)COP(=O)(O)OCC(COC(=O)CCCCCCCCCCCCCCCCC)OC(=O)CCCCCCC/C=C\C/C=C\CCCCC. The zero-order chi connectivity index (χ0) is 51.3. The number of hydrogen-bond donors (Lipinski definition) is 2. The lowest BCUT2D eigenvalue weighted by Gasteiger charge is -2.21. The highest BCUT2D eigenvalue weighted by Crippen LogP contribution is 2.43. The molecule has 0 aliphatic carbocycles. The van der Waals surface area contributed by atoms with Crippen molar-refractivity contribution in [2.75, 3.05) is 26.4 Å². The second-order valence-electron chi connectivity index (χ2n) is 18.4. The third-order valence-electron chi connectivity index (χ3n) is 11.6. The van der Waals surface area contributed by atoms with E-state index >= 15 is 0 Å². The van der Waals surface area contributed by atoms with Gasteiger partial charge in [-0.15, -0.1) is 0 Å². The van der Waals surface area contributed by atoms with Gasteiger partial charge in [-0.3, -0.25) is 23.4 Å². The third-order valence-corrected chi connectivity index (χ3v) is 12.6. The molecule has 0 saturated heterocycles. The maximum absolute atomic E-state index is 12.9. The highest BCUT2D eigenvalue weighted by atomic mass is 31.2. The number of carbonyl (C=O) groups excluding carboxylic acids is 3. The Hall–Kier alpha value is -3.08. The molecule has 12 heteroatoms. The Kier molecular flexibility index (Phi) is 50.0. The van der Waals surface area contributed by atoms with Gasteiger partial charge in [-0.25, -0.2) is 4.57 Å². The molecule has 0 rings (SSSR count). The van der Waals surface area contributed by atoms with E-state index in [1.165, 1.54) is 89.9 Å². The van der Waals surface area contributed by atoms with Gasteiger partial charge in [0.25, 0.3) is 0 Å². The molecule has 0 aromatic heterocycles. The van der Waals surface area contributed by atoms with Crippen LogP contribution in [0.1, 0.15) is 239 Å². The molecule has 0 aromatic carbocycles. The Bertz CT molecular complexity index is 1450. The van der Waals surface area contributed by atoms with Gasteiger partial charge < -0.3 is 24.2 Å². The van der Waals surface area contributed by atoms with Crippen molar-refractivity contribution in [2.45, 2.75) is 251 Å². The minimum atomic E-state index is -4.77. The fourth-order valence-corrected chi connectivity index (χ4v) is 8.18. The zero-order valence-corrected chi connectivity index (χ0v) is 45.4. The number of phosphoric acid groups is 1. The molecular weight excluding hydrogens is 904 g/mol. The van der Waals surface area contributed by atoms with Gasteiger partial charge in [0.2, 0.25) is 0 Å². The van der Waals surface area contributed by atoms with Crippen LogP contribution in [0.15, 0.2) is 72.9 Å². The summed E-state index contributed by atoms with van der Waals surface area (Å²) in [5.41, 5.74) is 0. The predicted molar refractivity (Wildman–Crippen MR) is 288 cm³/mol. The van der Waals surface area contributed by atoms with Gasteiger partial charge in [0, 0.05) is 19.3 Å². The van der Waals surface area contributed by atoms with Gasteiger partial charge in [0.15, 0.2) is 6.10 Å². The molecule has 0 heterocycles. The van der Waals surface area contributed by atoms with Gasteiger partial charge in [-0.2, -0.15) is 0 Å². The highest BCUT2D eigenvalue weighted by molar-refractivity contribution is 7.47. The van der Waals surface area contributed by atoms with E-state index in [1.54, 1.807) is 0 Å². The minimum absolute atomic E-state index is 0.0540. The van der Waals surface area contributed by atoms with Crippen molar-refractivity contribution >= 4 is 25.7 Å². The number of allylic oxidation sites excluding steroid dienone is 12. The second-order valence-corrected chi connectivity index (χ2v) is 19.8. The molecule has 0 fully saturated rings. The van der Waals surface area contributed by atoms with Gasteiger partial charge in [0.05, 0.1) is 19.8 Å². The maximum atomic E-state index is 12.9. The van der Waals surface area contributed by atoms with Gasteiger partial charge in [-0.05, 0) is 77.0 Å². The molecule has 0 radical (unpaired) electrons. The van der Waals surface area contributed by atoms with Crippen molar-refractivity contribution in [3.63, 3.8) is 0 Å². The molecule has 2 N–H and O–H groups in total. The van der Waals surface area contributed by atoms with Crippen molar-refractivity contribution in [1.82, 2.24) is 0 Å². The van der Waals surface area contributed by atoms with E-state index in [4.69, 9.17) is 23.3 Å². The summed E-state index contributed by atoms with van der Waals surface area (Å²) >= 11 is 0. The van der Waals surface area contributed by atoms with Crippen LogP contribution in [0.3, 0.4) is 0 Å². The molecular formula is C58H101O11P. The average Bonchev–Trinajstić information content (AvgIpc) is 3.35. The molecule has 0 saturated carbocycles. The maximum Gasteiger partial charge on any atom is 0.472 e. The van der Waals surface area contributed by atoms with E-state index in [2.05, 4.69) is 81.5 Å². The smallest absolute Gasteiger partial charge is 0.462 e. The summed E-state index contributed by atoms with van der Waals surface area (Å²) in [7, 11) is -4.77. The molecule has 11 nitrogen and oxygen atoms in total. The van der Waals surface area contributed by atoms with Crippen LogP contribution in [-0.2, 0) is 42.2 Å². The molecule has 0 aromatic rings. The summed E-state index contributed by atoms with van der Waals surface area (Å²) in [4.78, 5) is 48.4. The van der Waals surface area contributed by atoms with Crippen LogP contribution in [0.5, 0.6) is 0 Å². The monoisotopic (exact) mass is 1000 g/mol. The summed E-state index contributed by atoms with van der Waals surface area (Å²) in [6.45, 7) is 4.41. The summed E-state index contributed by atoms with van der Waals surface area (Å²) in [6, 6.07) is 0. The lowest BCUT2D eigenvalue weighted by atomic mass is 10.0. The van der Waals surface area contributed by atoms with Crippen molar-refractivity contribution in [2.24, 2.45) is 0 Å². The molecule has 0 bridgehead atoms. The van der Waals surface area contributed by atoms with E-state index in [-0.39, 0.29) is 25.9 Å². The average molecular weight is 1010 g/mol. The van der Waals surface area contributed by atoms with Gasteiger partial charge in [-0.1, -0.05) is 216 Å². The largest absolute Gasteiger partial charge is 0.472 e. The van der Waals surface area contributed by atoms with E-state index in [9.17, 15) is 28.9 Å². The first-order chi connectivity index (χ1) is 34.2.